The molecule has 3 nitrogen and oxygen atoms in total. The first-order valence-electron chi connectivity index (χ1n) is 9.17. The van der Waals surface area contributed by atoms with Gasteiger partial charge in [0.25, 0.3) is 0 Å². The molecule has 2 aromatic carbocycles. The number of hydrogen-bond acceptors (Lipinski definition) is 3. The molecule has 1 heterocycles. The van der Waals surface area contributed by atoms with Gasteiger partial charge in [0.15, 0.2) is 11.6 Å². The van der Waals surface area contributed by atoms with Crippen LogP contribution in [0.3, 0.4) is 0 Å². The van der Waals surface area contributed by atoms with Crippen molar-refractivity contribution in [1.29, 1.82) is 0 Å². The van der Waals surface area contributed by atoms with Gasteiger partial charge < -0.3 is 9.47 Å². The van der Waals surface area contributed by atoms with E-state index in [1.54, 1.807) is 12.1 Å². The lowest BCUT2D eigenvalue weighted by molar-refractivity contribution is -0.0433. The minimum atomic E-state index is -0.344. The van der Waals surface area contributed by atoms with E-state index in [1.165, 1.54) is 35.4 Å². The van der Waals surface area contributed by atoms with E-state index in [4.69, 9.17) is 9.47 Å². The maximum atomic E-state index is 13.7. The van der Waals surface area contributed by atoms with Crippen LogP contribution in [0, 0.1) is 26.6 Å². The summed E-state index contributed by atoms with van der Waals surface area (Å²) in [4.78, 5) is 2.45. The highest BCUT2D eigenvalue weighted by Crippen LogP contribution is 2.33. The third kappa shape index (κ3) is 3.76. The summed E-state index contributed by atoms with van der Waals surface area (Å²) in [5, 5.41) is 0. The van der Waals surface area contributed by atoms with Crippen LogP contribution in [0.25, 0.3) is 0 Å². The second kappa shape index (κ2) is 7.77. The first-order valence-corrected chi connectivity index (χ1v) is 9.17. The van der Waals surface area contributed by atoms with Gasteiger partial charge in [0.05, 0.1) is 19.8 Å². The summed E-state index contributed by atoms with van der Waals surface area (Å²) in [5.41, 5.74) is 6.32. The molecule has 2 atom stereocenters. The fourth-order valence-electron chi connectivity index (χ4n) is 4.13. The number of nitrogens with zero attached hydrogens (tertiary/aromatic N) is 1. The Morgan fingerprint density at radius 1 is 1.15 bits per heavy atom. The number of rotatable bonds is 4. The number of methoxy groups -OCH3 is 1. The Kier molecular flexibility index (Phi) is 5.64. The van der Waals surface area contributed by atoms with Crippen LogP contribution in [-0.4, -0.2) is 31.7 Å². The minimum absolute atomic E-state index is 0.0771. The molecule has 3 rings (SSSR count). The van der Waals surface area contributed by atoms with Crippen molar-refractivity contribution in [3.63, 3.8) is 0 Å². The third-order valence-corrected chi connectivity index (χ3v) is 5.35. The Bertz CT molecular complexity index is 767. The fourth-order valence-corrected chi connectivity index (χ4v) is 4.13. The van der Waals surface area contributed by atoms with Gasteiger partial charge in [-0.2, -0.15) is 0 Å². The lowest BCUT2D eigenvalue weighted by Gasteiger charge is -2.38. The Morgan fingerprint density at radius 2 is 1.85 bits per heavy atom. The summed E-state index contributed by atoms with van der Waals surface area (Å²) < 4.78 is 24.8. The quantitative estimate of drug-likeness (QED) is 0.777. The molecule has 0 aliphatic carbocycles. The van der Waals surface area contributed by atoms with E-state index in [9.17, 15) is 4.39 Å². The molecule has 0 amide bonds. The normalized spacial score (nSPS) is 19.4. The first kappa shape index (κ1) is 18.9. The molecule has 1 saturated heterocycles. The van der Waals surface area contributed by atoms with Crippen LogP contribution in [-0.2, 0) is 4.74 Å². The number of benzene rings is 2. The Balaban J connectivity index is 1.82. The Hall–Kier alpha value is -1.91. The van der Waals surface area contributed by atoms with Gasteiger partial charge in [-0.05, 0) is 62.1 Å². The highest BCUT2D eigenvalue weighted by molar-refractivity contribution is 5.39. The summed E-state index contributed by atoms with van der Waals surface area (Å²) in [6, 6.07) is 9.80. The number of halogens is 1. The van der Waals surface area contributed by atoms with Crippen LogP contribution >= 0.6 is 0 Å². The van der Waals surface area contributed by atoms with Crippen molar-refractivity contribution in [3.8, 4) is 5.75 Å². The second-order valence-electron chi connectivity index (χ2n) is 7.24. The molecule has 2 unspecified atom stereocenters. The SMILES string of the molecule is COc1cc(C2CN(C(C)c3c(C)cc(C)cc3C)CCO2)ccc1F. The van der Waals surface area contributed by atoms with Crippen molar-refractivity contribution in [1.82, 2.24) is 4.90 Å². The predicted octanol–water partition coefficient (Wildman–Crippen LogP) is 4.89. The molecule has 0 N–H and O–H groups in total. The van der Waals surface area contributed by atoms with Crippen LogP contribution < -0.4 is 4.74 Å². The summed E-state index contributed by atoms with van der Waals surface area (Å²) >= 11 is 0. The maximum absolute atomic E-state index is 13.7. The molecule has 0 aromatic heterocycles. The van der Waals surface area contributed by atoms with Gasteiger partial charge in [-0.25, -0.2) is 4.39 Å². The van der Waals surface area contributed by atoms with Gasteiger partial charge in [-0.1, -0.05) is 23.8 Å². The van der Waals surface area contributed by atoms with E-state index < -0.39 is 0 Å². The Labute approximate surface area is 155 Å². The lowest BCUT2D eigenvalue weighted by atomic mass is 9.93. The first-order chi connectivity index (χ1) is 12.4. The average molecular weight is 357 g/mol. The van der Waals surface area contributed by atoms with Gasteiger partial charge >= 0.3 is 0 Å². The Morgan fingerprint density at radius 3 is 2.50 bits per heavy atom. The molecule has 0 radical (unpaired) electrons. The number of aryl methyl sites for hydroxylation is 3. The molecule has 0 saturated carbocycles. The summed E-state index contributed by atoms with van der Waals surface area (Å²) in [6.07, 6.45) is -0.0771. The highest BCUT2D eigenvalue weighted by Gasteiger charge is 2.28. The molecule has 2 aromatic rings. The van der Waals surface area contributed by atoms with E-state index in [0.717, 1.165) is 18.7 Å². The molecular formula is C22H28FNO2. The van der Waals surface area contributed by atoms with E-state index in [1.807, 2.05) is 0 Å². The second-order valence-corrected chi connectivity index (χ2v) is 7.24. The topological polar surface area (TPSA) is 21.7 Å². The van der Waals surface area contributed by atoms with Gasteiger partial charge in [0.1, 0.15) is 0 Å². The monoisotopic (exact) mass is 357 g/mol. The third-order valence-electron chi connectivity index (χ3n) is 5.35. The average Bonchev–Trinajstić information content (AvgIpc) is 2.61. The van der Waals surface area contributed by atoms with Crippen molar-refractivity contribution in [2.45, 2.75) is 39.8 Å². The van der Waals surface area contributed by atoms with Crippen molar-refractivity contribution >= 4 is 0 Å². The van der Waals surface area contributed by atoms with Crippen LogP contribution in [0.1, 0.15) is 46.9 Å². The molecule has 26 heavy (non-hydrogen) atoms. The molecule has 4 heteroatoms. The zero-order chi connectivity index (χ0) is 18.8. The molecule has 0 spiro atoms. The van der Waals surface area contributed by atoms with E-state index in [-0.39, 0.29) is 17.7 Å². The smallest absolute Gasteiger partial charge is 0.165 e. The number of morpholine rings is 1. The molecule has 140 valence electrons. The van der Waals surface area contributed by atoms with Crippen molar-refractivity contribution in [2.75, 3.05) is 26.8 Å². The van der Waals surface area contributed by atoms with Gasteiger partial charge in [0.2, 0.25) is 0 Å². The molecule has 1 aliphatic rings. The van der Waals surface area contributed by atoms with Crippen molar-refractivity contribution in [2.24, 2.45) is 0 Å². The molecule has 0 bridgehead atoms. The van der Waals surface area contributed by atoms with Crippen LogP contribution in [0.15, 0.2) is 30.3 Å². The fraction of sp³-hybridized carbons (Fsp3) is 0.455. The van der Waals surface area contributed by atoms with E-state index >= 15 is 0 Å². The number of ether oxygens (including phenoxy) is 2. The summed E-state index contributed by atoms with van der Waals surface area (Å²) in [7, 11) is 1.49. The minimum Gasteiger partial charge on any atom is -0.494 e. The van der Waals surface area contributed by atoms with E-state index in [0.29, 0.717) is 12.6 Å². The molecular weight excluding hydrogens is 329 g/mol. The lowest BCUT2D eigenvalue weighted by Crippen LogP contribution is -2.40. The zero-order valence-electron chi connectivity index (χ0n) is 16.3. The highest BCUT2D eigenvalue weighted by atomic mass is 19.1. The van der Waals surface area contributed by atoms with Crippen molar-refractivity contribution in [3.05, 3.63) is 64.0 Å². The van der Waals surface area contributed by atoms with E-state index in [2.05, 4.69) is 44.7 Å². The molecule has 1 fully saturated rings. The van der Waals surface area contributed by atoms with Crippen molar-refractivity contribution < 1.29 is 13.9 Å². The summed E-state index contributed by atoms with van der Waals surface area (Å²) in [5.74, 6) is -0.0790. The largest absolute Gasteiger partial charge is 0.494 e. The zero-order valence-corrected chi connectivity index (χ0v) is 16.3. The van der Waals surface area contributed by atoms with Crippen LogP contribution in [0.4, 0.5) is 4.39 Å². The van der Waals surface area contributed by atoms with Crippen LogP contribution in [0.2, 0.25) is 0 Å². The summed E-state index contributed by atoms with van der Waals surface area (Å²) in [6.45, 7) is 11.1. The predicted molar refractivity (Wildman–Crippen MR) is 102 cm³/mol. The standard InChI is InChI=1S/C22H28FNO2/c1-14-10-15(2)22(16(3)11-14)17(4)24-8-9-26-21(13-24)18-6-7-19(23)20(12-18)25-5/h6-7,10-12,17,21H,8-9,13H2,1-5H3. The van der Waals surface area contributed by atoms with Gasteiger partial charge in [-0.15, -0.1) is 0 Å². The molecule has 1 aliphatic heterocycles. The number of hydrogen-bond donors (Lipinski definition) is 0. The van der Waals surface area contributed by atoms with Gasteiger partial charge in [0, 0.05) is 19.1 Å². The van der Waals surface area contributed by atoms with Gasteiger partial charge in [-0.3, -0.25) is 4.90 Å². The maximum Gasteiger partial charge on any atom is 0.165 e. The van der Waals surface area contributed by atoms with Crippen LogP contribution in [0.5, 0.6) is 5.75 Å².